The van der Waals surface area contributed by atoms with Gasteiger partial charge in [0.25, 0.3) is 0 Å². The summed E-state index contributed by atoms with van der Waals surface area (Å²) in [4.78, 5) is 12.8. The van der Waals surface area contributed by atoms with E-state index in [1.54, 1.807) is 6.07 Å². The standard InChI is InChI=1S/C23H23NO3S/c24-15-18-4-1-2-7-22(18)17-10-8-16(9-11-17)12-23(25)19-13-20-5-3-6-21(14-19)28(20,26)27/h1-2,4,7-11,19-21H,3,5-6,12-14H2. The summed E-state index contributed by atoms with van der Waals surface area (Å²) < 4.78 is 24.8. The van der Waals surface area contributed by atoms with Crippen LogP contribution < -0.4 is 0 Å². The van der Waals surface area contributed by atoms with Crippen LogP contribution in [0.4, 0.5) is 0 Å². The molecule has 2 aromatic carbocycles. The number of nitrogens with zero attached hydrogens (tertiary/aromatic N) is 1. The Morgan fingerprint density at radius 3 is 2.29 bits per heavy atom. The lowest BCUT2D eigenvalue weighted by molar-refractivity contribution is -0.122. The molecule has 0 radical (unpaired) electrons. The number of hydrogen-bond donors (Lipinski definition) is 0. The van der Waals surface area contributed by atoms with Crippen molar-refractivity contribution in [3.05, 3.63) is 59.7 Å². The summed E-state index contributed by atoms with van der Waals surface area (Å²) >= 11 is 0. The summed E-state index contributed by atoms with van der Waals surface area (Å²) in [6.45, 7) is 0. The number of benzene rings is 2. The molecule has 2 saturated heterocycles. The summed E-state index contributed by atoms with van der Waals surface area (Å²) in [6, 6.07) is 17.4. The van der Waals surface area contributed by atoms with Gasteiger partial charge in [-0.2, -0.15) is 5.26 Å². The first kappa shape index (κ1) is 18.9. The highest BCUT2D eigenvalue weighted by Gasteiger charge is 2.45. The molecule has 2 fully saturated rings. The number of nitriles is 1. The Labute approximate surface area is 166 Å². The molecule has 2 atom stereocenters. The van der Waals surface area contributed by atoms with Crippen molar-refractivity contribution in [2.45, 2.75) is 49.0 Å². The molecule has 2 unspecified atom stereocenters. The minimum Gasteiger partial charge on any atom is -0.299 e. The molecule has 4 rings (SSSR count). The quantitative estimate of drug-likeness (QED) is 0.784. The summed E-state index contributed by atoms with van der Waals surface area (Å²) in [7, 11) is -3.03. The van der Waals surface area contributed by atoms with E-state index in [0.717, 1.165) is 23.1 Å². The van der Waals surface area contributed by atoms with Crippen LogP contribution in [0.1, 0.15) is 43.2 Å². The molecular formula is C23H23NO3S. The molecule has 2 aliphatic heterocycles. The minimum atomic E-state index is -3.03. The minimum absolute atomic E-state index is 0.141. The Morgan fingerprint density at radius 2 is 1.64 bits per heavy atom. The first-order valence-electron chi connectivity index (χ1n) is 9.83. The number of carbonyl (C=O) groups is 1. The van der Waals surface area contributed by atoms with E-state index in [0.29, 0.717) is 37.7 Å². The van der Waals surface area contributed by atoms with Gasteiger partial charge in [0.1, 0.15) is 5.78 Å². The number of Topliss-reactive ketones (excluding diaryl/α,β-unsaturated/α-hetero) is 1. The normalized spacial score (nSPS) is 25.6. The van der Waals surface area contributed by atoms with Crippen molar-refractivity contribution in [2.24, 2.45) is 5.92 Å². The van der Waals surface area contributed by atoms with Crippen molar-refractivity contribution in [3.63, 3.8) is 0 Å². The van der Waals surface area contributed by atoms with E-state index in [-0.39, 0.29) is 22.2 Å². The Balaban J connectivity index is 1.47. The molecule has 0 aliphatic carbocycles. The van der Waals surface area contributed by atoms with Crippen LogP contribution in [-0.4, -0.2) is 24.7 Å². The Hall–Kier alpha value is -2.45. The average Bonchev–Trinajstić information content (AvgIpc) is 2.67. The molecule has 144 valence electrons. The fraction of sp³-hybridized carbons (Fsp3) is 0.391. The lowest BCUT2D eigenvalue weighted by Crippen LogP contribution is -2.45. The molecule has 2 aliphatic rings. The highest BCUT2D eigenvalue weighted by atomic mass is 32.2. The molecular weight excluding hydrogens is 370 g/mol. The van der Waals surface area contributed by atoms with Crippen LogP contribution >= 0.6 is 0 Å². The maximum atomic E-state index is 12.8. The zero-order valence-electron chi connectivity index (χ0n) is 15.7. The molecule has 28 heavy (non-hydrogen) atoms. The highest BCUT2D eigenvalue weighted by Crippen LogP contribution is 2.40. The third kappa shape index (κ3) is 3.49. The molecule has 5 heteroatoms. The second-order valence-electron chi connectivity index (χ2n) is 7.93. The Kier molecular flexibility index (Phi) is 5.07. The molecule has 0 N–H and O–H groups in total. The van der Waals surface area contributed by atoms with Gasteiger partial charge in [0.05, 0.1) is 22.1 Å². The van der Waals surface area contributed by atoms with Crippen LogP contribution in [0.3, 0.4) is 0 Å². The van der Waals surface area contributed by atoms with Crippen molar-refractivity contribution >= 4 is 15.6 Å². The monoisotopic (exact) mass is 393 g/mol. The van der Waals surface area contributed by atoms with Gasteiger partial charge in [-0.15, -0.1) is 0 Å². The third-order valence-electron chi connectivity index (χ3n) is 6.22. The number of sulfone groups is 1. The van der Waals surface area contributed by atoms with Gasteiger partial charge in [0.2, 0.25) is 0 Å². The molecule has 0 aromatic heterocycles. The van der Waals surface area contributed by atoms with E-state index >= 15 is 0 Å². The highest BCUT2D eigenvalue weighted by molar-refractivity contribution is 7.92. The molecule has 0 amide bonds. The van der Waals surface area contributed by atoms with Gasteiger partial charge in [-0.25, -0.2) is 8.42 Å². The summed E-state index contributed by atoms with van der Waals surface area (Å²) in [6.07, 6.45) is 3.69. The molecule has 2 aromatic rings. The van der Waals surface area contributed by atoms with Crippen LogP contribution in [0.5, 0.6) is 0 Å². The first-order chi connectivity index (χ1) is 13.5. The van der Waals surface area contributed by atoms with E-state index < -0.39 is 9.84 Å². The van der Waals surface area contributed by atoms with Crippen LogP contribution in [0, 0.1) is 17.2 Å². The van der Waals surface area contributed by atoms with Gasteiger partial charge >= 0.3 is 0 Å². The summed E-state index contributed by atoms with van der Waals surface area (Å²) in [5, 5.41) is 8.62. The van der Waals surface area contributed by atoms with Crippen molar-refractivity contribution in [1.82, 2.24) is 0 Å². The number of fused-ring (bicyclic) bond motifs is 2. The van der Waals surface area contributed by atoms with Crippen LogP contribution in [0.2, 0.25) is 0 Å². The predicted octanol–water partition coefficient (Wildman–Crippen LogP) is 4.08. The fourth-order valence-corrected chi connectivity index (χ4v) is 7.19. The number of ketones is 1. The topological polar surface area (TPSA) is 75.0 Å². The van der Waals surface area contributed by atoms with Gasteiger partial charge in [-0.05, 0) is 48.4 Å². The zero-order valence-corrected chi connectivity index (χ0v) is 16.5. The van der Waals surface area contributed by atoms with E-state index in [4.69, 9.17) is 0 Å². The van der Waals surface area contributed by atoms with Crippen LogP contribution in [0.15, 0.2) is 48.5 Å². The third-order valence-corrected chi connectivity index (χ3v) is 8.94. The van der Waals surface area contributed by atoms with Gasteiger partial charge in [0.15, 0.2) is 9.84 Å². The molecule has 4 nitrogen and oxygen atoms in total. The van der Waals surface area contributed by atoms with Crippen LogP contribution in [-0.2, 0) is 21.1 Å². The first-order valence-corrected chi connectivity index (χ1v) is 11.4. The van der Waals surface area contributed by atoms with Gasteiger partial charge in [-0.1, -0.05) is 48.9 Å². The van der Waals surface area contributed by atoms with Crippen molar-refractivity contribution in [2.75, 3.05) is 0 Å². The lowest BCUT2D eigenvalue weighted by atomic mass is 9.84. The smallest absolute Gasteiger partial charge is 0.156 e. The summed E-state index contributed by atoms with van der Waals surface area (Å²) in [5.41, 5.74) is 3.39. The van der Waals surface area contributed by atoms with Crippen molar-refractivity contribution in [1.29, 1.82) is 5.26 Å². The second-order valence-corrected chi connectivity index (χ2v) is 10.4. The van der Waals surface area contributed by atoms with Crippen molar-refractivity contribution < 1.29 is 13.2 Å². The van der Waals surface area contributed by atoms with Crippen molar-refractivity contribution in [3.8, 4) is 17.2 Å². The van der Waals surface area contributed by atoms with Gasteiger partial charge < -0.3 is 0 Å². The number of carbonyl (C=O) groups excluding carboxylic acids is 1. The van der Waals surface area contributed by atoms with Gasteiger partial charge in [0, 0.05) is 12.3 Å². The predicted molar refractivity (Wildman–Crippen MR) is 108 cm³/mol. The largest absolute Gasteiger partial charge is 0.299 e. The fourth-order valence-electron chi connectivity index (χ4n) is 4.65. The van der Waals surface area contributed by atoms with Crippen LogP contribution in [0.25, 0.3) is 11.1 Å². The lowest BCUT2D eigenvalue weighted by Gasteiger charge is -2.38. The number of rotatable bonds is 4. The average molecular weight is 394 g/mol. The molecule has 2 bridgehead atoms. The Morgan fingerprint density at radius 1 is 1.00 bits per heavy atom. The van der Waals surface area contributed by atoms with E-state index in [1.807, 2.05) is 42.5 Å². The van der Waals surface area contributed by atoms with E-state index in [2.05, 4.69) is 6.07 Å². The molecule has 0 saturated carbocycles. The SMILES string of the molecule is N#Cc1ccccc1-c1ccc(CC(=O)C2CC3CCCC(C2)S3(=O)=O)cc1. The zero-order chi connectivity index (χ0) is 19.7. The maximum absolute atomic E-state index is 12.8. The van der Waals surface area contributed by atoms with E-state index in [1.165, 1.54) is 0 Å². The Bertz CT molecular complexity index is 1010. The molecule has 2 heterocycles. The maximum Gasteiger partial charge on any atom is 0.156 e. The molecule has 0 spiro atoms. The number of hydrogen-bond acceptors (Lipinski definition) is 4. The van der Waals surface area contributed by atoms with Gasteiger partial charge in [-0.3, -0.25) is 4.79 Å². The summed E-state index contributed by atoms with van der Waals surface area (Å²) in [5.74, 6) is 0.00907. The second kappa shape index (κ2) is 7.52. The van der Waals surface area contributed by atoms with E-state index in [9.17, 15) is 18.5 Å².